The minimum absolute atomic E-state index is 0.0610. The number of esters is 1. The average Bonchev–Trinajstić information content (AvgIpc) is 2.77. The first-order valence-electron chi connectivity index (χ1n) is 9.06. The number of benzene rings is 3. The van der Waals surface area contributed by atoms with Crippen LogP contribution in [-0.2, 0) is 4.74 Å². The second-order valence-corrected chi connectivity index (χ2v) is 7.31. The van der Waals surface area contributed by atoms with Crippen molar-refractivity contribution in [3.8, 4) is 0 Å². The Labute approximate surface area is 191 Å². The van der Waals surface area contributed by atoms with Gasteiger partial charge in [0, 0.05) is 28.4 Å². The SMILES string of the molecule is O=C(COC(=O)c1ccc(NC(=O)c2ccc(Cl)cc2Cl)cc1)c1cccc([N+](=O)[O-])c1. The van der Waals surface area contributed by atoms with Crippen molar-refractivity contribution in [2.24, 2.45) is 0 Å². The highest BCUT2D eigenvalue weighted by Crippen LogP contribution is 2.22. The molecule has 0 fully saturated rings. The lowest BCUT2D eigenvalue weighted by Crippen LogP contribution is -2.15. The van der Waals surface area contributed by atoms with E-state index < -0.39 is 29.2 Å². The highest BCUT2D eigenvalue weighted by Gasteiger charge is 2.15. The lowest BCUT2D eigenvalue weighted by atomic mass is 10.1. The summed E-state index contributed by atoms with van der Waals surface area (Å²) >= 11 is 11.8. The molecule has 1 N–H and O–H groups in total. The van der Waals surface area contributed by atoms with E-state index in [0.29, 0.717) is 10.7 Å². The second-order valence-electron chi connectivity index (χ2n) is 6.46. The van der Waals surface area contributed by atoms with Crippen LogP contribution in [0.25, 0.3) is 0 Å². The third-order valence-electron chi connectivity index (χ3n) is 4.27. The molecule has 0 atom stereocenters. The highest BCUT2D eigenvalue weighted by molar-refractivity contribution is 6.37. The van der Waals surface area contributed by atoms with Crippen molar-refractivity contribution >= 4 is 52.2 Å². The molecule has 0 saturated heterocycles. The van der Waals surface area contributed by atoms with Gasteiger partial charge in [0.25, 0.3) is 11.6 Å². The number of hydrogen-bond acceptors (Lipinski definition) is 6. The lowest BCUT2D eigenvalue weighted by molar-refractivity contribution is -0.384. The molecule has 0 aromatic heterocycles. The first-order valence-corrected chi connectivity index (χ1v) is 9.81. The van der Waals surface area contributed by atoms with Crippen molar-refractivity contribution in [1.82, 2.24) is 0 Å². The number of non-ortho nitro benzene ring substituents is 1. The van der Waals surface area contributed by atoms with Crippen molar-refractivity contribution in [3.05, 3.63) is 104 Å². The summed E-state index contributed by atoms with van der Waals surface area (Å²) in [5.74, 6) is -1.79. The molecule has 3 aromatic carbocycles. The number of amides is 1. The van der Waals surface area contributed by atoms with Crippen molar-refractivity contribution in [2.75, 3.05) is 11.9 Å². The second kappa shape index (κ2) is 10.0. The number of nitro benzene ring substituents is 1. The summed E-state index contributed by atoms with van der Waals surface area (Å²) < 4.78 is 4.99. The summed E-state index contributed by atoms with van der Waals surface area (Å²) in [6, 6.07) is 15.4. The van der Waals surface area contributed by atoms with Gasteiger partial charge in [0.05, 0.1) is 21.1 Å². The molecule has 0 unspecified atom stereocenters. The molecule has 0 aliphatic carbocycles. The average molecular weight is 473 g/mol. The molecule has 3 aromatic rings. The lowest BCUT2D eigenvalue weighted by Gasteiger charge is -2.08. The minimum Gasteiger partial charge on any atom is -0.454 e. The maximum atomic E-state index is 12.3. The third-order valence-corrected chi connectivity index (χ3v) is 4.82. The largest absolute Gasteiger partial charge is 0.454 e. The predicted molar refractivity (Wildman–Crippen MR) is 119 cm³/mol. The normalized spacial score (nSPS) is 10.3. The minimum atomic E-state index is -0.762. The molecule has 0 radical (unpaired) electrons. The monoisotopic (exact) mass is 472 g/mol. The molecule has 32 heavy (non-hydrogen) atoms. The number of anilines is 1. The predicted octanol–water partition coefficient (Wildman–Crippen LogP) is 5.19. The maximum Gasteiger partial charge on any atom is 0.338 e. The Balaban J connectivity index is 1.59. The molecule has 1 amide bonds. The smallest absolute Gasteiger partial charge is 0.338 e. The van der Waals surface area contributed by atoms with Gasteiger partial charge in [-0.1, -0.05) is 35.3 Å². The fraction of sp³-hybridized carbons (Fsp3) is 0.0455. The first-order chi connectivity index (χ1) is 15.2. The Kier molecular flexibility index (Phi) is 7.19. The van der Waals surface area contributed by atoms with Gasteiger partial charge in [-0.2, -0.15) is 0 Å². The fourth-order valence-electron chi connectivity index (χ4n) is 2.65. The molecule has 0 aliphatic rings. The summed E-state index contributed by atoms with van der Waals surface area (Å²) in [6.45, 7) is -0.576. The van der Waals surface area contributed by atoms with E-state index in [1.54, 1.807) is 0 Å². The van der Waals surface area contributed by atoms with E-state index in [-0.39, 0.29) is 27.4 Å². The maximum absolute atomic E-state index is 12.3. The van der Waals surface area contributed by atoms with Gasteiger partial charge in [-0.05, 0) is 42.5 Å². The quantitative estimate of drug-likeness (QED) is 0.219. The molecule has 8 nitrogen and oxygen atoms in total. The van der Waals surface area contributed by atoms with Crippen LogP contribution in [0.5, 0.6) is 0 Å². The van der Waals surface area contributed by atoms with Crippen LogP contribution in [0.3, 0.4) is 0 Å². The molecule has 0 heterocycles. The molecule has 0 saturated carbocycles. The molecule has 162 valence electrons. The Bertz CT molecular complexity index is 1210. The summed E-state index contributed by atoms with van der Waals surface area (Å²) in [7, 11) is 0. The van der Waals surface area contributed by atoms with Gasteiger partial charge in [-0.25, -0.2) is 4.79 Å². The van der Waals surface area contributed by atoms with Crippen molar-refractivity contribution in [3.63, 3.8) is 0 Å². The van der Waals surface area contributed by atoms with Crippen LogP contribution in [0.4, 0.5) is 11.4 Å². The van der Waals surface area contributed by atoms with Gasteiger partial charge in [0.2, 0.25) is 5.78 Å². The highest BCUT2D eigenvalue weighted by atomic mass is 35.5. The van der Waals surface area contributed by atoms with Gasteiger partial charge in [-0.3, -0.25) is 19.7 Å². The van der Waals surface area contributed by atoms with Gasteiger partial charge in [0.1, 0.15) is 0 Å². The number of halogens is 2. The molecular formula is C22H14Cl2N2O6. The molecule has 0 spiro atoms. The standard InChI is InChI=1S/C22H14Cl2N2O6/c23-15-6-9-18(19(24)11-15)21(28)25-16-7-4-13(5-8-16)22(29)32-12-20(27)14-2-1-3-17(10-14)26(30)31/h1-11H,12H2,(H,25,28). The van der Waals surface area contributed by atoms with Crippen molar-refractivity contribution < 1.29 is 24.0 Å². The molecule has 10 heteroatoms. The summed E-state index contributed by atoms with van der Waals surface area (Å²) in [5, 5.41) is 14.0. The topological polar surface area (TPSA) is 116 Å². The fourth-order valence-corrected chi connectivity index (χ4v) is 3.15. The molecular weight excluding hydrogens is 459 g/mol. The number of carbonyl (C=O) groups excluding carboxylic acids is 3. The Morgan fingerprint density at radius 2 is 1.66 bits per heavy atom. The van der Waals surface area contributed by atoms with Crippen LogP contribution in [0, 0.1) is 10.1 Å². The zero-order chi connectivity index (χ0) is 23.3. The summed E-state index contributed by atoms with van der Waals surface area (Å²) in [5.41, 5.74) is 0.620. The third kappa shape index (κ3) is 5.69. The van der Waals surface area contributed by atoms with E-state index in [9.17, 15) is 24.5 Å². The number of carbonyl (C=O) groups is 3. The van der Waals surface area contributed by atoms with E-state index in [2.05, 4.69) is 5.32 Å². The number of nitrogens with zero attached hydrogens (tertiary/aromatic N) is 1. The number of ether oxygens (including phenoxy) is 1. The summed E-state index contributed by atoms with van der Waals surface area (Å²) in [6.07, 6.45) is 0. The molecule has 0 aliphatic heterocycles. The Hall–Kier alpha value is -3.75. The zero-order valence-electron chi connectivity index (χ0n) is 16.2. The number of ketones is 1. The number of nitro groups is 1. The van der Waals surface area contributed by atoms with Gasteiger partial charge in [-0.15, -0.1) is 0 Å². The van der Waals surface area contributed by atoms with Crippen LogP contribution < -0.4 is 5.32 Å². The number of rotatable bonds is 7. The van der Waals surface area contributed by atoms with Crippen LogP contribution in [0.1, 0.15) is 31.1 Å². The number of nitrogens with one attached hydrogen (secondary N) is 1. The first kappa shape index (κ1) is 22.9. The summed E-state index contributed by atoms with van der Waals surface area (Å²) in [4.78, 5) is 46.8. The van der Waals surface area contributed by atoms with E-state index in [0.717, 1.165) is 6.07 Å². The van der Waals surface area contributed by atoms with Gasteiger partial charge in [0.15, 0.2) is 6.61 Å². The number of Topliss-reactive ketones (excluding diaryl/α,β-unsaturated/α-hetero) is 1. The van der Waals surface area contributed by atoms with E-state index >= 15 is 0 Å². The zero-order valence-corrected chi connectivity index (χ0v) is 17.7. The van der Waals surface area contributed by atoms with Crippen LogP contribution in [0.15, 0.2) is 66.7 Å². The van der Waals surface area contributed by atoms with Crippen molar-refractivity contribution in [1.29, 1.82) is 0 Å². The van der Waals surface area contributed by atoms with Crippen molar-refractivity contribution in [2.45, 2.75) is 0 Å². The van der Waals surface area contributed by atoms with Crippen LogP contribution in [0.2, 0.25) is 10.0 Å². The van der Waals surface area contributed by atoms with E-state index in [4.69, 9.17) is 27.9 Å². The Morgan fingerprint density at radius 3 is 2.31 bits per heavy atom. The van der Waals surface area contributed by atoms with E-state index in [1.807, 2.05) is 0 Å². The van der Waals surface area contributed by atoms with Gasteiger partial charge < -0.3 is 10.1 Å². The van der Waals surface area contributed by atoms with Crippen LogP contribution in [-0.4, -0.2) is 29.2 Å². The number of hydrogen-bond donors (Lipinski definition) is 1. The molecule has 0 bridgehead atoms. The Morgan fingerprint density at radius 1 is 0.938 bits per heavy atom. The van der Waals surface area contributed by atoms with E-state index in [1.165, 1.54) is 60.7 Å². The molecule has 3 rings (SSSR count). The van der Waals surface area contributed by atoms with Crippen LogP contribution >= 0.6 is 23.2 Å². The van der Waals surface area contributed by atoms with Gasteiger partial charge >= 0.3 is 5.97 Å².